The summed E-state index contributed by atoms with van der Waals surface area (Å²) in [5.74, 6) is 2.61. The molecule has 0 aromatic carbocycles. The Kier molecular flexibility index (Phi) is 5.42. The molecule has 1 N–H and O–H groups in total. The van der Waals surface area contributed by atoms with Gasteiger partial charge in [0.05, 0.1) is 6.04 Å². The van der Waals surface area contributed by atoms with Crippen molar-refractivity contribution in [3.63, 3.8) is 0 Å². The van der Waals surface area contributed by atoms with Gasteiger partial charge in [-0.3, -0.25) is 9.80 Å². The predicted octanol–water partition coefficient (Wildman–Crippen LogP) is 0.405. The Morgan fingerprint density at radius 1 is 1.19 bits per heavy atom. The zero-order chi connectivity index (χ0) is 17.8. The van der Waals surface area contributed by atoms with E-state index in [9.17, 15) is 0 Å². The largest absolute Gasteiger partial charge is 0.354 e. The molecule has 8 heteroatoms. The van der Waals surface area contributed by atoms with Crippen molar-refractivity contribution in [3.8, 4) is 0 Å². The first kappa shape index (κ1) is 17.4. The third-order valence-electron chi connectivity index (χ3n) is 5.28. The quantitative estimate of drug-likeness (QED) is 0.825. The van der Waals surface area contributed by atoms with Crippen LogP contribution in [0.1, 0.15) is 17.8 Å². The fourth-order valence-electron chi connectivity index (χ4n) is 3.59. The Hall–Kier alpha value is -2.03. The van der Waals surface area contributed by atoms with Crippen LogP contribution in [0.15, 0.2) is 28.9 Å². The number of piperazine rings is 2. The minimum Gasteiger partial charge on any atom is -0.354 e. The lowest BCUT2D eigenvalue weighted by Gasteiger charge is -2.35. The maximum Gasteiger partial charge on any atom is 0.227 e. The number of aromatic nitrogens is 3. The van der Waals surface area contributed by atoms with E-state index >= 15 is 0 Å². The van der Waals surface area contributed by atoms with Gasteiger partial charge in [0.1, 0.15) is 5.82 Å². The molecule has 2 aliphatic heterocycles. The standard InChI is InChI=1S/C18H27N7O/c1-23-9-7-19-14-15(23)18-21-17(26-22-18)5-8-24-10-12-25(13-11-24)16-4-2-3-6-20-16/h2-4,6,15,19H,5,7-14H2,1H3. The van der Waals surface area contributed by atoms with E-state index in [0.717, 1.165) is 76.3 Å². The number of likely N-dealkylation sites (N-methyl/N-ethyl adjacent to an activating group) is 1. The number of hydrogen-bond donors (Lipinski definition) is 1. The molecule has 8 nitrogen and oxygen atoms in total. The molecule has 140 valence electrons. The van der Waals surface area contributed by atoms with Crippen molar-refractivity contribution in [2.24, 2.45) is 0 Å². The first-order chi connectivity index (χ1) is 12.8. The first-order valence-corrected chi connectivity index (χ1v) is 9.41. The summed E-state index contributed by atoms with van der Waals surface area (Å²) in [4.78, 5) is 16.1. The molecule has 1 unspecified atom stereocenters. The summed E-state index contributed by atoms with van der Waals surface area (Å²) < 4.78 is 5.49. The number of hydrogen-bond acceptors (Lipinski definition) is 8. The number of anilines is 1. The smallest absolute Gasteiger partial charge is 0.227 e. The normalized spacial score (nSPS) is 22.7. The second-order valence-electron chi connectivity index (χ2n) is 7.01. The van der Waals surface area contributed by atoms with E-state index in [-0.39, 0.29) is 6.04 Å². The van der Waals surface area contributed by atoms with Gasteiger partial charge in [0.2, 0.25) is 5.89 Å². The van der Waals surface area contributed by atoms with Crippen LogP contribution in [0.4, 0.5) is 5.82 Å². The molecule has 0 saturated carbocycles. The maximum absolute atomic E-state index is 5.49. The average molecular weight is 357 g/mol. The van der Waals surface area contributed by atoms with Crippen LogP contribution in [0, 0.1) is 0 Å². The lowest BCUT2D eigenvalue weighted by molar-refractivity contribution is 0.190. The molecule has 0 aliphatic carbocycles. The number of rotatable bonds is 5. The SMILES string of the molecule is CN1CCNCC1c1noc(CCN2CCN(c3ccccn3)CC2)n1. The zero-order valence-corrected chi connectivity index (χ0v) is 15.3. The Bertz CT molecular complexity index is 684. The van der Waals surface area contributed by atoms with Crippen molar-refractivity contribution >= 4 is 5.82 Å². The highest BCUT2D eigenvalue weighted by molar-refractivity contribution is 5.38. The van der Waals surface area contributed by atoms with Crippen molar-refractivity contribution < 1.29 is 4.52 Å². The van der Waals surface area contributed by atoms with E-state index in [0.29, 0.717) is 0 Å². The summed E-state index contributed by atoms with van der Waals surface area (Å²) in [5, 5.41) is 7.60. The van der Waals surface area contributed by atoms with E-state index < -0.39 is 0 Å². The Morgan fingerprint density at radius 3 is 2.85 bits per heavy atom. The fourth-order valence-corrected chi connectivity index (χ4v) is 3.59. The molecule has 0 bridgehead atoms. The van der Waals surface area contributed by atoms with Gasteiger partial charge in [0.25, 0.3) is 0 Å². The third-order valence-corrected chi connectivity index (χ3v) is 5.28. The molecule has 0 radical (unpaired) electrons. The molecular weight excluding hydrogens is 330 g/mol. The highest BCUT2D eigenvalue weighted by atomic mass is 16.5. The summed E-state index contributed by atoms with van der Waals surface area (Å²) in [6.07, 6.45) is 2.66. The number of pyridine rings is 1. The molecule has 0 spiro atoms. The molecule has 26 heavy (non-hydrogen) atoms. The van der Waals surface area contributed by atoms with Crippen LogP contribution >= 0.6 is 0 Å². The lowest BCUT2D eigenvalue weighted by atomic mass is 10.2. The van der Waals surface area contributed by atoms with Crippen molar-refractivity contribution in [2.75, 3.05) is 64.3 Å². The van der Waals surface area contributed by atoms with Gasteiger partial charge < -0.3 is 14.7 Å². The van der Waals surface area contributed by atoms with E-state index in [1.807, 2.05) is 18.3 Å². The molecule has 1 atom stereocenters. The highest BCUT2D eigenvalue weighted by Crippen LogP contribution is 2.18. The summed E-state index contributed by atoms with van der Waals surface area (Å²) in [7, 11) is 2.11. The second kappa shape index (κ2) is 8.11. The molecular formula is C18H27N7O. The molecule has 2 fully saturated rings. The predicted molar refractivity (Wildman–Crippen MR) is 99.1 cm³/mol. The molecule has 2 aromatic rings. The molecule has 0 amide bonds. The highest BCUT2D eigenvalue weighted by Gasteiger charge is 2.25. The molecule has 4 rings (SSSR count). The van der Waals surface area contributed by atoms with E-state index in [1.165, 1.54) is 0 Å². The third kappa shape index (κ3) is 4.03. The lowest BCUT2D eigenvalue weighted by Crippen LogP contribution is -2.47. The number of nitrogens with zero attached hydrogens (tertiary/aromatic N) is 6. The Balaban J connectivity index is 1.25. The van der Waals surface area contributed by atoms with Crippen molar-refractivity contribution in [2.45, 2.75) is 12.5 Å². The average Bonchev–Trinajstić information content (AvgIpc) is 3.17. The van der Waals surface area contributed by atoms with Crippen LogP contribution in [0.5, 0.6) is 0 Å². The monoisotopic (exact) mass is 357 g/mol. The van der Waals surface area contributed by atoms with E-state index in [2.05, 4.69) is 48.3 Å². The first-order valence-electron chi connectivity index (χ1n) is 9.41. The van der Waals surface area contributed by atoms with Crippen LogP contribution in [-0.2, 0) is 6.42 Å². The van der Waals surface area contributed by atoms with Gasteiger partial charge in [0.15, 0.2) is 5.82 Å². The minimum absolute atomic E-state index is 0.211. The van der Waals surface area contributed by atoms with Gasteiger partial charge in [-0.05, 0) is 19.2 Å². The van der Waals surface area contributed by atoms with Crippen molar-refractivity contribution in [1.29, 1.82) is 0 Å². The van der Waals surface area contributed by atoms with Crippen LogP contribution < -0.4 is 10.2 Å². The van der Waals surface area contributed by atoms with Gasteiger partial charge in [-0.15, -0.1) is 0 Å². The van der Waals surface area contributed by atoms with Crippen LogP contribution in [0.2, 0.25) is 0 Å². The van der Waals surface area contributed by atoms with Crippen LogP contribution in [-0.4, -0.2) is 84.3 Å². The van der Waals surface area contributed by atoms with Crippen LogP contribution in [0.25, 0.3) is 0 Å². The maximum atomic E-state index is 5.49. The zero-order valence-electron chi connectivity index (χ0n) is 15.3. The van der Waals surface area contributed by atoms with E-state index in [4.69, 9.17) is 4.52 Å². The Labute approximate surface area is 154 Å². The minimum atomic E-state index is 0.211. The van der Waals surface area contributed by atoms with Gasteiger partial charge in [-0.1, -0.05) is 11.2 Å². The molecule has 2 aromatic heterocycles. The van der Waals surface area contributed by atoms with Gasteiger partial charge in [-0.2, -0.15) is 4.98 Å². The summed E-state index contributed by atoms with van der Waals surface area (Å²) in [6, 6.07) is 6.29. The second-order valence-corrected chi connectivity index (χ2v) is 7.01. The summed E-state index contributed by atoms with van der Waals surface area (Å²) in [6.45, 7) is 7.94. The topological polar surface area (TPSA) is 73.6 Å². The van der Waals surface area contributed by atoms with E-state index in [1.54, 1.807) is 0 Å². The van der Waals surface area contributed by atoms with Gasteiger partial charge in [0, 0.05) is 65.0 Å². The fraction of sp³-hybridized carbons (Fsp3) is 0.611. The number of nitrogens with one attached hydrogen (secondary N) is 1. The Morgan fingerprint density at radius 2 is 2.08 bits per heavy atom. The summed E-state index contributed by atoms with van der Waals surface area (Å²) >= 11 is 0. The molecule has 4 heterocycles. The molecule has 2 saturated heterocycles. The van der Waals surface area contributed by atoms with Crippen LogP contribution in [0.3, 0.4) is 0 Å². The van der Waals surface area contributed by atoms with Crippen molar-refractivity contribution in [1.82, 2.24) is 30.2 Å². The molecule has 2 aliphatic rings. The van der Waals surface area contributed by atoms with Gasteiger partial charge >= 0.3 is 0 Å². The van der Waals surface area contributed by atoms with Crippen molar-refractivity contribution in [3.05, 3.63) is 36.1 Å². The summed E-state index contributed by atoms with van der Waals surface area (Å²) in [5.41, 5.74) is 0. The van der Waals surface area contributed by atoms with Gasteiger partial charge in [-0.25, -0.2) is 4.98 Å².